The van der Waals surface area contributed by atoms with Gasteiger partial charge in [0.05, 0.1) is 25.3 Å². The molecule has 1 N–H and O–H groups in total. The van der Waals surface area contributed by atoms with Crippen molar-refractivity contribution >= 4 is 45.1 Å². The number of rotatable bonds is 5. The SMILES string of the molecule is COC(=O)c1c(NC(=O)Cn2cc(C(=O)OC)c3ccccc32)sc(C)c1C. The van der Waals surface area contributed by atoms with Gasteiger partial charge < -0.3 is 19.4 Å². The summed E-state index contributed by atoms with van der Waals surface area (Å²) >= 11 is 1.32. The number of amides is 1. The summed E-state index contributed by atoms with van der Waals surface area (Å²) in [4.78, 5) is 37.7. The summed E-state index contributed by atoms with van der Waals surface area (Å²) in [7, 11) is 2.62. The van der Waals surface area contributed by atoms with Crippen molar-refractivity contribution in [2.24, 2.45) is 0 Å². The van der Waals surface area contributed by atoms with Gasteiger partial charge in [-0.1, -0.05) is 18.2 Å². The fourth-order valence-corrected chi connectivity index (χ4v) is 4.10. The summed E-state index contributed by atoms with van der Waals surface area (Å²) in [5.74, 6) is -1.27. The van der Waals surface area contributed by atoms with Crippen molar-refractivity contribution in [3.05, 3.63) is 52.0 Å². The largest absolute Gasteiger partial charge is 0.465 e. The van der Waals surface area contributed by atoms with Gasteiger partial charge in [0, 0.05) is 22.0 Å². The van der Waals surface area contributed by atoms with E-state index in [0.717, 1.165) is 16.0 Å². The Labute approximate surface area is 165 Å². The first kappa shape index (κ1) is 19.6. The highest BCUT2D eigenvalue weighted by molar-refractivity contribution is 7.16. The quantitative estimate of drug-likeness (QED) is 0.662. The van der Waals surface area contributed by atoms with Gasteiger partial charge in [0.1, 0.15) is 11.5 Å². The van der Waals surface area contributed by atoms with Crippen molar-refractivity contribution in [2.45, 2.75) is 20.4 Å². The molecule has 7 nitrogen and oxygen atoms in total. The van der Waals surface area contributed by atoms with Crippen LogP contribution in [0.15, 0.2) is 30.5 Å². The maximum Gasteiger partial charge on any atom is 0.341 e. The molecule has 146 valence electrons. The number of esters is 2. The zero-order valence-electron chi connectivity index (χ0n) is 16.0. The Balaban J connectivity index is 1.90. The Hall–Kier alpha value is -3.13. The Morgan fingerprint density at radius 3 is 2.43 bits per heavy atom. The van der Waals surface area contributed by atoms with Crippen molar-refractivity contribution in [3.63, 3.8) is 0 Å². The van der Waals surface area contributed by atoms with Crippen LogP contribution in [0, 0.1) is 13.8 Å². The molecule has 8 heteroatoms. The van der Waals surface area contributed by atoms with E-state index in [1.807, 2.05) is 32.0 Å². The molecule has 0 aliphatic carbocycles. The standard InChI is InChI=1S/C20H20N2O5S/c1-11-12(2)28-18(17(11)20(25)27-4)21-16(23)10-22-9-14(19(24)26-3)13-7-5-6-8-15(13)22/h5-9H,10H2,1-4H3,(H,21,23). The predicted octanol–water partition coefficient (Wildman–Crippen LogP) is 3.53. The molecular weight excluding hydrogens is 380 g/mol. The Morgan fingerprint density at radius 2 is 1.75 bits per heavy atom. The Kier molecular flexibility index (Phi) is 5.51. The van der Waals surface area contributed by atoms with E-state index >= 15 is 0 Å². The summed E-state index contributed by atoms with van der Waals surface area (Å²) in [6.45, 7) is 3.67. The van der Waals surface area contributed by atoms with Gasteiger partial charge in [-0.05, 0) is 25.5 Å². The molecule has 0 radical (unpaired) electrons. The molecule has 28 heavy (non-hydrogen) atoms. The zero-order valence-corrected chi connectivity index (χ0v) is 16.8. The average molecular weight is 400 g/mol. The van der Waals surface area contributed by atoms with Crippen molar-refractivity contribution in [3.8, 4) is 0 Å². The number of nitrogens with one attached hydrogen (secondary N) is 1. The van der Waals surface area contributed by atoms with Crippen LogP contribution in [0.25, 0.3) is 10.9 Å². The maximum atomic E-state index is 12.7. The van der Waals surface area contributed by atoms with E-state index in [4.69, 9.17) is 9.47 Å². The highest BCUT2D eigenvalue weighted by Gasteiger charge is 2.22. The first-order valence-electron chi connectivity index (χ1n) is 8.51. The lowest BCUT2D eigenvalue weighted by atomic mass is 10.1. The molecule has 2 heterocycles. The van der Waals surface area contributed by atoms with E-state index in [1.165, 1.54) is 25.6 Å². The van der Waals surface area contributed by atoms with E-state index in [1.54, 1.807) is 16.8 Å². The van der Waals surface area contributed by atoms with Gasteiger partial charge in [-0.3, -0.25) is 4.79 Å². The number of methoxy groups -OCH3 is 2. The number of fused-ring (bicyclic) bond motifs is 1. The van der Waals surface area contributed by atoms with Gasteiger partial charge in [-0.15, -0.1) is 11.3 Å². The van der Waals surface area contributed by atoms with Gasteiger partial charge in [0.25, 0.3) is 0 Å². The first-order chi connectivity index (χ1) is 13.4. The highest BCUT2D eigenvalue weighted by Crippen LogP contribution is 2.33. The fraction of sp³-hybridized carbons (Fsp3) is 0.250. The molecule has 3 aromatic rings. The van der Waals surface area contributed by atoms with Crippen molar-refractivity contribution in [1.29, 1.82) is 0 Å². The minimum atomic E-state index is -0.489. The third kappa shape index (κ3) is 3.50. The van der Waals surface area contributed by atoms with E-state index in [0.29, 0.717) is 21.5 Å². The van der Waals surface area contributed by atoms with Crippen LogP contribution in [-0.4, -0.2) is 36.6 Å². The highest BCUT2D eigenvalue weighted by atomic mass is 32.1. The summed E-state index contributed by atoms with van der Waals surface area (Å²) in [6.07, 6.45) is 1.60. The normalized spacial score (nSPS) is 10.7. The lowest BCUT2D eigenvalue weighted by Gasteiger charge is -2.08. The maximum absolute atomic E-state index is 12.7. The van der Waals surface area contributed by atoms with Crippen LogP contribution in [0.5, 0.6) is 0 Å². The third-order valence-corrected chi connectivity index (χ3v) is 5.66. The Bertz CT molecular complexity index is 1080. The number of nitrogens with zero attached hydrogens (tertiary/aromatic N) is 1. The van der Waals surface area contributed by atoms with Crippen molar-refractivity contribution in [2.75, 3.05) is 19.5 Å². The molecule has 0 saturated carbocycles. The van der Waals surface area contributed by atoms with Gasteiger partial charge in [0.15, 0.2) is 0 Å². The number of carbonyl (C=O) groups excluding carboxylic acids is 3. The van der Waals surface area contributed by atoms with E-state index in [-0.39, 0.29) is 12.5 Å². The molecule has 0 atom stereocenters. The fourth-order valence-electron chi connectivity index (χ4n) is 3.03. The van der Waals surface area contributed by atoms with Gasteiger partial charge in [0.2, 0.25) is 5.91 Å². The molecule has 0 unspecified atom stereocenters. The molecule has 0 bridgehead atoms. The number of para-hydroxylation sites is 1. The van der Waals surface area contributed by atoms with Crippen LogP contribution in [0.3, 0.4) is 0 Å². The van der Waals surface area contributed by atoms with Gasteiger partial charge in [-0.25, -0.2) is 9.59 Å². The number of anilines is 1. The van der Waals surface area contributed by atoms with Crippen molar-refractivity contribution in [1.82, 2.24) is 4.57 Å². The lowest BCUT2D eigenvalue weighted by Crippen LogP contribution is -2.19. The lowest BCUT2D eigenvalue weighted by molar-refractivity contribution is -0.116. The molecule has 0 aliphatic rings. The molecule has 0 spiro atoms. The Morgan fingerprint density at radius 1 is 1.07 bits per heavy atom. The molecule has 2 aromatic heterocycles. The number of aryl methyl sites for hydroxylation is 1. The van der Waals surface area contributed by atoms with Crippen molar-refractivity contribution < 1.29 is 23.9 Å². The van der Waals surface area contributed by atoms with E-state index < -0.39 is 11.9 Å². The van der Waals surface area contributed by atoms with Crippen LogP contribution in [-0.2, 0) is 20.8 Å². The molecule has 1 aromatic carbocycles. The number of hydrogen-bond acceptors (Lipinski definition) is 6. The van der Waals surface area contributed by atoms with E-state index in [9.17, 15) is 14.4 Å². The second-order valence-corrected chi connectivity index (χ2v) is 7.43. The van der Waals surface area contributed by atoms with Crippen LogP contribution in [0.2, 0.25) is 0 Å². The number of ether oxygens (including phenoxy) is 2. The van der Waals surface area contributed by atoms with Crippen LogP contribution < -0.4 is 5.32 Å². The number of carbonyl (C=O) groups is 3. The smallest absolute Gasteiger partial charge is 0.341 e. The number of aromatic nitrogens is 1. The number of thiophene rings is 1. The van der Waals surface area contributed by atoms with Crippen LogP contribution >= 0.6 is 11.3 Å². The molecular formula is C20H20N2O5S. The molecule has 3 rings (SSSR count). The summed E-state index contributed by atoms with van der Waals surface area (Å²) in [6, 6.07) is 7.28. The molecule has 1 amide bonds. The van der Waals surface area contributed by atoms with Gasteiger partial charge in [-0.2, -0.15) is 0 Å². The molecule has 0 saturated heterocycles. The van der Waals surface area contributed by atoms with E-state index in [2.05, 4.69) is 5.32 Å². The average Bonchev–Trinajstić information content (AvgIpc) is 3.18. The topological polar surface area (TPSA) is 86.6 Å². The summed E-state index contributed by atoms with van der Waals surface area (Å²) < 4.78 is 11.3. The third-order valence-electron chi connectivity index (χ3n) is 4.54. The monoisotopic (exact) mass is 400 g/mol. The molecule has 0 fully saturated rings. The van der Waals surface area contributed by atoms with Gasteiger partial charge >= 0.3 is 11.9 Å². The predicted molar refractivity (Wildman–Crippen MR) is 107 cm³/mol. The summed E-state index contributed by atoms with van der Waals surface area (Å²) in [5, 5.41) is 3.96. The zero-order chi connectivity index (χ0) is 20.4. The second-order valence-electron chi connectivity index (χ2n) is 6.21. The second kappa shape index (κ2) is 7.85. The minimum Gasteiger partial charge on any atom is -0.465 e. The number of benzene rings is 1. The minimum absolute atomic E-state index is 0.0197. The van der Waals surface area contributed by atoms with Crippen LogP contribution in [0.1, 0.15) is 31.2 Å². The first-order valence-corrected chi connectivity index (χ1v) is 9.33. The molecule has 0 aliphatic heterocycles. The van der Waals surface area contributed by atoms with Crippen LogP contribution in [0.4, 0.5) is 5.00 Å². The number of hydrogen-bond donors (Lipinski definition) is 1. The summed E-state index contributed by atoms with van der Waals surface area (Å²) in [5.41, 5.74) is 2.28.